The number of halogens is 10. The van der Waals surface area contributed by atoms with Gasteiger partial charge in [-0.15, -0.1) is 0 Å². The molecule has 0 radical (unpaired) electrons. The van der Waals surface area contributed by atoms with E-state index in [0.717, 1.165) is 36.4 Å². The molecule has 2 heterocycles. The van der Waals surface area contributed by atoms with E-state index in [1.165, 1.54) is 24.3 Å². The van der Waals surface area contributed by atoms with Crippen LogP contribution in [-0.4, -0.2) is 45.3 Å². The van der Waals surface area contributed by atoms with Crippen molar-refractivity contribution in [2.24, 2.45) is 0 Å². The van der Waals surface area contributed by atoms with Crippen LogP contribution in [0.2, 0.25) is 10.0 Å². The predicted octanol–water partition coefficient (Wildman–Crippen LogP) is 6.91. The van der Waals surface area contributed by atoms with Gasteiger partial charge in [0, 0.05) is 50.2 Å². The van der Waals surface area contributed by atoms with Gasteiger partial charge in [-0.1, -0.05) is 65.7 Å². The van der Waals surface area contributed by atoms with Crippen molar-refractivity contribution in [3.63, 3.8) is 0 Å². The Balaban J connectivity index is 0.000000410. The third-order valence-electron chi connectivity index (χ3n) is 11.5. The van der Waals surface area contributed by atoms with Crippen molar-refractivity contribution in [1.29, 1.82) is 0 Å². The van der Waals surface area contributed by atoms with Gasteiger partial charge in [0.1, 0.15) is 22.8 Å². The molecule has 0 saturated heterocycles. The van der Waals surface area contributed by atoms with Crippen LogP contribution in [0.15, 0.2) is 140 Å². The second-order valence-corrected chi connectivity index (χ2v) is 17.9. The molecular formula is C56H41Cl2F8KN2O13. The number of anilines is 2. The fourth-order valence-electron chi connectivity index (χ4n) is 8.08. The number of aryl methyl sites for hydroxylation is 2. The van der Waals surface area contributed by atoms with Crippen molar-refractivity contribution >= 4 is 92.4 Å². The maximum atomic E-state index is 13.5. The van der Waals surface area contributed by atoms with Crippen LogP contribution >= 0.6 is 23.2 Å². The van der Waals surface area contributed by atoms with Gasteiger partial charge in [0.2, 0.25) is 11.8 Å². The van der Waals surface area contributed by atoms with E-state index in [-0.39, 0.29) is 113 Å². The molecule has 0 spiro atoms. The molecule has 0 aliphatic rings. The Kier molecular flexibility index (Phi) is 24.0. The molecule has 6 aromatic carbocycles. The quantitative estimate of drug-likeness (QED) is 0.0491. The van der Waals surface area contributed by atoms with E-state index in [2.05, 4.69) is 10.6 Å². The molecule has 0 saturated carbocycles. The summed E-state index contributed by atoms with van der Waals surface area (Å²) in [5.41, 5.74) is -2.64. The molecule has 0 aliphatic carbocycles. The van der Waals surface area contributed by atoms with Crippen LogP contribution in [-0.2, 0) is 44.4 Å². The van der Waals surface area contributed by atoms with Gasteiger partial charge in [-0.3, -0.25) is 9.59 Å². The first-order valence-electron chi connectivity index (χ1n) is 22.5. The van der Waals surface area contributed by atoms with Crippen molar-refractivity contribution in [3.8, 4) is 22.3 Å². The molecule has 0 fully saturated rings. The van der Waals surface area contributed by atoms with E-state index < -0.39 is 94.3 Å². The number of carbonyl (C=O) groups excluding carboxylic acids is 3. The molecular weight excluding hydrogens is 1170 g/mol. The Labute approximate surface area is 509 Å². The summed E-state index contributed by atoms with van der Waals surface area (Å²) in [7, 11) is 0. The molecule has 424 valence electrons. The molecule has 9 N–H and O–H groups in total. The summed E-state index contributed by atoms with van der Waals surface area (Å²) in [5, 5.41) is 25.4. The zero-order chi connectivity index (χ0) is 57.0. The summed E-state index contributed by atoms with van der Waals surface area (Å²) in [5.74, 6) is -6.84. The summed E-state index contributed by atoms with van der Waals surface area (Å²) in [6.45, 7) is 3.41. The standard InChI is InChI=1S/2C28H18ClF4NO5.K.3H2O/c2*1-14-9-18-23(13-21(14)29)39-27(38)19(26(18)16-4-2-3-15(10-16)5-8-25(36)37)12-24(35)34-22-7-6-17(30)11-20(22)28(31,32)33;;;;/h2*2-11,13H,12H2,1H3,(H,34,35)(H,36,37);;3*1H2/q;;+1;;;/p-1. The molecule has 2 aromatic heterocycles. The molecule has 0 aliphatic heterocycles. The fraction of sp³-hybridized carbons (Fsp3) is 0.107. The largest absolute Gasteiger partial charge is 1.00 e. The van der Waals surface area contributed by atoms with Gasteiger partial charge < -0.3 is 50.9 Å². The molecule has 26 heteroatoms. The van der Waals surface area contributed by atoms with Crippen LogP contribution in [0, 0.1) is 25.5 Å². The second kappa shape index (κ2) is 28.6. The number of hydrogen-bond acceptors (Lipinski definition) is 9. The van der Waals surface area contributed by atoms with Crippen LogP contribution < -0.4 is 78.4 Å². The summed E-state index contributed by atoms with van der Waals surface area (Å²) in [6.07, 6.45) is -6.92. The third-order valence-corrected chi connectivity index (χ3v) is 12.4. The summed E-state index contributed by atoms with van der Waals surface area (Å²) in [4.78, 5) is 73.8. The predicted molar refractivity (Wildman–Crippen MR) is 284 cm³/mol. The number of carboxylic acid groups (broad SMARTS) is 2. The van der Waals surface area contributed by atoms with Crippen LogP contribution in [0.5, 0.6) is 0 Å². The van der Waals surface area contributed by atoms with Gasteiger partial charge in [-0.05, 0) is 120 Å². The van der Waals surface area contributed by atoms with Crippen LogP contribution in [0.4, 0.5) is 46.5 Å². The number of hydrogen-bond donors (Lipinski definition) is 3. The fourth-order valence-corrected chi connectivity index (χ4v) is 8.38. The average molecular weight is 1210 g/mol. The number of alkyl halides is 6. The van der Waals surface area contributed by atoms with Crippen LogP contribution in [0.3, 0.4) is 0 Å². The molecule has 0 atom stereocenters. The number of carbonyl (C=O) groups is 4. The monoisotopic (exact) mass is 1210 g/mol. The molecule has 82 heavy (non-hydrogen) atoms. The molecule has 8 rings (SSSR count). The van der Waals surface area contributed by atoms with E-state index in [0.29, 0.717) is 54.2 Å². The van der Waals surface area contributed by atoms with E-state index >= 15 is 0 Å². The molecule has 2 amide bonds. The number of aliphatic carboxylic acids is 2. The number of benzene rings is 6. The van der Waals surface area contributed by atoms with Gasteiger partial charge in [-0.25, -0.2) is 23.2 Å². The Morgan fingerprint density at radius 2 is 0.963 bits per heavy atom. The van der Waals surface area contributed by atoms with Gasteiger partial charge in [0.05, 0.1) is 52.4 Å². The Morgan fingerprint density at radius 1 is 0.585 bits per heavy atom. The van der Waals surface area contributed by atoms with E-state index in [1.807, 2.05) is 0 Å². The van der Waals surface area contributed by atoms with E-state index in [4.69, 9.17) is 37.1 Å². The molecule has 0 unspecified atom stereocenters. The third kappa shape index (κ3) is 16.9. The van der Waals surface area contributed by atoms with Gasteiger partial charge in [0.15, 0.2) is 0 Å². The van der Waals surface area contributed by atoms with E-state index in [9.17, 15) is 69.0 Å². The van der Waals surface area contributed by atoms with Crippen molar-refractivity contribution in [3.05, 3.63) is 208 Å². The molecule has 8 aromatic rings. The van der Waals surface area contributed by atoms with Gasteiger partial charge in [0.25, 0.3) is 0 Å². The zero-order valence-electron chi connectivity index (χ0n) is 42.5. The number of carboxylic acids is 2. The van der Waals surface area contributed by atoms with Crippen molar-refractivity contribution in [2.75, 3.05) is 10.6 Å². The summed E-state index contributed by atoms with van der Waals surface area (Å²) >= 11 is 12.4. The van der Waals surface area contributed by atoms with Crippen LogP contribution in [0.25, 0.3) is 56.3 Å². The Morgan fingerprint density at radius 3 is 1.32 bits per heavy atom. The normalized spacial score (nSPS) is 11.2. The first-order valence-corrected chi connectivity index (χ1v) is 23.3. The van der Waals surface area contributed by atoms with Crippen molar-refractivity contribution < 1.29 is 141 Å². The minimum absolute atomic E-state index is 0. The maximum Gasteiger partial charge on any atom is 1.00 e. The van der Waals surface area contributed by atoms with Gasteiger partial charge >= 0.3 is 81.0 Å². The SMILES string of the molecule is Cc1cc2c(-c3cccc(C=CC(=O)O)c3)c(CC(=O)Nc3ccc(F)cc3C(F)(F)F)c(=O)oc2cc1Cl.Cc1cc2c(-c3cccc(C=CC(=O)[O-])c3)c(CC(=O)Nc3ccc(F)cc3C(F)(F)F)c(=O)oc2cc1Cl.O.O.O.[K+]. The number of amides is 2. The average Bonchev–Trinajstić information content (AvgIpc) is 3.35. The zero-order valence-corrected chi connectivity index (χ0v) is 47.2. The number of fused-ring (bicyclic) bond motifs is 2. The maximum absolute atomic E-state index is 13.5. The van der Waals surface area contributed by atoms with E-state index in [1.54, 1.807) is 74.5 Å². The first kappa shape index (κ1) is 68.9. The minimum Gasteiger partial charge on any atom is -0.545 e. The first-order chi connectivity index (χ1) is 36.7. The Hall–Kier alpha value is -7.36. The molecule has 0 bridgehead atoms. The smallest absolute Gasteiger partial charge is 0.545 e. The van der Waals surface area contributed by atoms with Crippen molar-refractivity contribution in [1.82, 2.24) is 0 Å². The molecule has 15 nitrogen and oxygen atoms in total. The summed E-state index contributed by atoms with van der Waals surface area (Å²) in [6, 6.07) is 22.5. The number of nitrogens with one attached hydrogen (secondary N) is 2. The minimum atomic E-state index is -4.95. The van der Waals surface area contributed by atoms with Gasteiger partial charge in [-0.2, -0.15) is 26.3 Å². The van der Waals surface area contributed by atoms with Crippen LogP contribution in [0.1, 0.15) is 44.5 Å². The topological polar surface area (TPSA) is 291 Å². The Bertz CT molecular complexity index is 3690. The van der Waals surface area contributed by atoms with Crippen molar-refractivity contribution in [2.45, 2.75) is 39.0 Å². The number of rotatable bonds is 12. The summed E-state index contributed by atoms with van der Waals surface area (Å²) < 4.78 is 118. The second-order valence-electron chi connectivity index (χ2n) is 17.1.